The van der Waals surface area contributed by atoms with Gasteiger partial charge in [-0.05, 0) is 30.3 Å². The van der Waals surface area contributed by atoms with Crippen molar-refractivity contribution in [1.29, 1.82) is 0 Å². The zero-order valence-electron chi connectivity index (χ0n) is 10.2. The lowest BCUT2D eigenvalue weighted by atomic mass is 10.2. The largest absolute Gasteiger partial charge is 0.489 e. The molecule has 2 nitrogen and oxygen atoms in total. The molecule has 0 amide bonds. The number of nitrogens with two attached hydrogens (primary N) is 1. The number of benzene rings is 2. The van der Waals surface area contributed by atoms with Crippen molar-refractivity contribution >= 4 is 44.7 Å². The Morgan fingerprint density at radius 3 is 2.65 bits per heavy atom. The van der Waals surface area contributed by atoms with Gasteiger partial charge in [-0.1, -0.05) is 45.8 Å². The maximum Gasteiger partial charge on any atom is 0.124 e. The Morgan fingerprint density at radius 1 is 1.30 bits per heavy atom. The molecule has 104 valence electrons. The molecule has 6 heteroatoms. The average Bonchev–Trinajstić information content (AvgIpc) is 2.37. The molecule has 0 aliphatic carbocycles. The fourth-order valence-corrected chi connectivity index (χ4v) is 2.56. The fraction of sp³-hybridized carbons (Fsp3) is 0.0714. The average molecular weight is 375 g/mol. The molecule has 0 aromatic heterocycles. The van der Waals surface area contributed by atoms with Gasteiger partial charge in [0.15, 0.2) is 0 Å². The first-order chi connectivity index (χ1) is 9.47. The van der Waals surface area contributed by atoms with Gasteiger partial charge in [-0.25, -0.2) is 4.39 Å². The Hall–Kier alpha value is -1.17. The van der Waals surface area contributed by atoms with Gasteiger partial charge in [-0.2, -0.15) is 0 Å². The molecular formula is C14H10BrClFNOS. The van der Waals surface area contributed by atoms with Crippen LogP contribution < -0.4 is 10.5 Å². The predicted octanol–water partition coefficient (Wildman–Crippen LogP) is 4.45. The van der Waals surface area contributed by atoms with Crippen LogP contribution in [-0.4, -0.2) is 4.99 Å². The molecule has 0 radical (unpaired) electrons. The zero-order valence-corrected chi connectivity index (χ0v) is 13.4. The summed E-state index contributed by atoms with van der Waals surface area (Å²) in [5, 5.41) is 0.438. The molecule has 0 bridgehead atoms. The SMILES string of the molecule is NC(=S)c1ccc(OCc2ccc(F)cc2Br)cc1Cl. The van der Waals surface area contributed by atoms with Crippen LogP contribution in [0.3, 0.4) is 0 Å². The third kappa shape index (κ3) is 3.69. The molecule has 0 atom stereocenters. The van der Waals surface area contributed by atoms with Gasteiger partial charge in [0, 0.05) is 15.6 Å². The third-order valence-corrected chi connectivity index (χ3v) is 3.89. The first-order valence-corrected chi connectivity index (χ1v) is 7.21. The summed E-state index contributed by atoms with van der Waals surface area (Å²) in [7, 11) is 0. The number of rotatable bonds is 4. The Balaban J connectivity index is 2.11. The van der Waals surface area contributed by atoms with E-state index in [1.165, 1.54) is 12.1 Å². The van der Waals surface area contributed by atoms with E-state index >= 15 is 0 Å². The highest BCUT2D eigenvalue weighted by Crippen LogP contribution is 2.25. The number of ether oxygens (including phenoxy) is 1. The minimum absolute atomic E-state index is 0.239. The van der Waals surface area contributed by atoms with Crippen molar-refractivity contribution < 1.29 is 9.13 Å². The predicted molar refractivity (Wildman–Crippen MR) is 85.8 cm³/mol. The van der Waals surface area contributed by atoms with Crippen molar-refractivity contribution in [3.8, 4) is 5.75 Å². The summed E-state index contributed by atoms with van der Waals surface area (Å²) < 4.78 is 19.2. The second-order valence-corrected chi connectivity index (χ2v) is 5.73. The maximum absolute atomic E-state index is 13.0. The molecule has 2 aromatic rings. The number of halogens is 3. The van der Waals surface area contributed by atoms with Gasteiger partial charge in [-0.3, -0.25) is 0 Å². The van der Waals surface area contributed by atoms with Crippen LogP contribution in [0.25, 0.3) is 0 Å². The summed E-state index contributed by atoms with van der Waals surface area (Å²) in [5.41, 5.74) is 6.97. The van der Waals surface area contributed by atoms with Gasteiger partial charge < -0.3 is 10.5 Å². The highest BCUT2D eigenvalue weighted by molar-refractivity contribution is 9.10. The summed E-state index contributed by atoms with van der Waals surface area (Å²) in [6, 6.07) is 9.52. The van der Waals surface area contributed by atoms with E-state index in [9.17, 15) is 4.39 Å². The summed E-state index contributed by atoms with van der Waals surface area (Å²) in [6.45, 7) is 0.295. The van der Waals surface area contributed by atoms with Crippen LogP contribution in [-0.2, 0) is 6.61 Å². The molecule has 0 spiro atoms. The van der Waals surface area contributed by atoms with Crippen LogP contribution >= 0.6 is 39.7 Å². The number of hydrogen-bond donors (Lipinski definition) is 1. The molecule has 2 rings (SSSR count). The highest BCUT2D eigenvalue weighted by atomic mass is 79.9. The second-order valence-electron chi connectivity index (χ2n) is 4.03. The van der Waals surface area contributed by atoms with E-state index < -0.39 is 0 Å². The van der Waals surface area contributed by atoms with Crippen molar-refractivity contribution in [3.63, 3.8) is 0 Å². The first-order valence-electron chi connectivity index (χ1n) is 5.63. The third-order valence-electron chi connectivity index (χ3n) is 2.62. The van der Waals surface area contributed by atoms with E-state index in [0.29, 0.717) is 27.4 Å². The topological polar surface area (TPSA) is 35.2 Å². The molecule has 20 heavy (non-hydrogen) atoms. The Labute approximate surface area is 134 Å². The van der Waals surface area contributed by atoms with Gasteiger partial charge in [-0.15, -0.1) is 0 Å². The summed E-state index contributed by atoms with van der Waals surface area (Å²) in [5.74, 6) is 0.288. The van der Waals surface area contributed by atoms with E-state index in [0.717, 1.165) is 5.56 Å². The van der Waals surface area contributed by atoms with Crippen LogP contribution in [0, 0.1) is 5.82 Å². The molecule has 0 heterocycles. The van der Waals surface area contributed by atoms with Gasteiger partial charge >= 0.3 is 0 Å². The van der Waals surface area contributed by atoms with Gasteiger partial charge in [0.1, 0.15) is 23.2 Å². The van der Waals surface area contributed by atoms with Crippen molar-refractivity contribution in [3.05, 3.63) is 62.8 Å². The molecule has 0 aliphatic heterocycles. The van der Waals surface area contributed by atoms with Crippen LogP contribution in [0.1, 0.15) is 11.1 Å². The lowest BCUT2D eigenvalue weighted by Gasteiger charge is -2.10. The number of thiocarbonyl (C=S) groups is 1. The highest BCUT2D eigenvalue weighted by Gasteiger charge is 2.06. The van der Waals surface area contributed by atoms with E-state index in [4.69, 9.17) is 34.3 Å². The van der Waals surface area contributed by atoms with Crippen LogP contribution in [0.5, 0.6) is 5.75 Å². The minimum atomic E-state index is -0.301. The van der Waals surface area contributed by atoms with Crippen molar-refractivity contribution in [1.82, 2.24) is 0 Å². The molecule has 0 aliphatic rings. The normalized spacial score (nSPS) is 10.3. The van der Waals surface area contributed by atoms with Crippen LogP contribution in [0.4, 0.5) is 4.39 Å². The smallest absolute Gasteiger partial charge is 0.124 e. The maximum atomic E-state index is 13.0. The monoisotopic (exact) mass is 373 g/mol. The quantitative estimate of drug-likeness (QED) is 0.803. The van der Waals surface area contributed by atoms with E-state index in [1.54, 1.807) is 24.3 Å². The molecular weight excluding hydrogens is 365 g/mol. The van der Waals surface area contributed by atoms with Crippen molar-refractivity contribution in [2.75, 3.05) is 0 Å². The molecule has 0 saturated carbocycles. The Bertz CT molecular complexity index is 666. The lowest BCUT2D eigenvalue weighted by molar-refractivity contribution is 0.305. The van der Waals surface area contributed by atoms with E-state index in [-0.39, 0.29) is 10.8 Å². The zero-order chi connectivity index (χ0) is 14.7. The fourth-order valence-electron chi connectivity index (χ4n) is 1.59. The van der Waals surface area contributed by atoms with Crippen LogP contribution in [0.2, 0.25) is 5.02 Å². The Kier molecular flexibility index (Phi) is 4.96. The molecule has 0 saturated heterocycles. The molecule has 2 aromatic carbocycles. The lowest BCUT2D eigenvalue weighted by Crippen LogP contribution is -2.09. The summed E-state index contributed by atoms with van der Waals surface area (Å²) in [4.78, 5) is 0.239. The number of hydrogen-bond acceptors (Lipinski definition) is 2. The standard InChI is InChI=1S/C14H10BrClFNOS/c15-12-5-9(17)2-1-8(12)7-19-10-3-4-11(14(18)20)13(16)6-10/h1-6H,7H2,(H2,18,20). The van der Waals surface area contributed by atoms with Gasteiger partial charge in [0.05, 0.1) is 5.02 Å². The van der Waals surface area contributed by atoms with E-state index in [2.05, 4.69) is 15.9 Å². The molecule has 2 N–H and O–H groups in total. The Morgan fingerprint density at radius 2 is 2.05 bits per heavy atom. The second kappa shape index (κ2) is 6.52. The van der Waals surface area contributed by atoms with Gasteiger partial charge in [0.2, 0.25) is 0 Å². The first kappa shape index (κ1) is 15.2. The van der Waals surface area contributed by atoms with Crippen molar-refractivity contribution in [2.24, 2.45) is 5.73 Å². The summed E-state index contributed by atoms with van der Waals surface area (Å²) in [6.07, 6.45) is 0. The van der Waals surface area contributed by atoms with Gasteiger partial charge in [0.25, 0.3) is 0 Å². The summed E-state index contributed by atoms with van der Waals surface area (Å²) >= 11 is 14.2. The van der Waals surface area contributed by atoms with Crippen molar-refractivity contribution in [2.45, 2.75) is 6.61 Å². The molecule has 0 unspecified atom stereocenters. The van der Waals surface area contributed by atoms with E-state index in [1.807, 2.05) is 0 Å². The molecule has 0 fully saturated rings. The van der Waals surface area contributed by atoms with Crippen LogP contribution in [0.15, 0.2) is 40.9 Å². The minimum Gasteiger partial charge on any atom is -0.489 e.